The van der Waals surface area contributed by atoms with Crippen LogP contribution in [0.15, 0.2) is 109 Å². The summed E-state index contributed by atoms with van der Waals surface area (Å²) in [5, 5.41) is 23.1. The van der Waals surface area contributed by atoms with Gasteiger partial charge in [0.15, 0.2) is 0 Å². The van der Waals surface area contributed by atoms with E-state index >= 15 is 0 Å². The van der Waals surface area contributed by atoms with Crippen LogP contribution in [0.25, 0.3) is 0 Å². The van der Waals surface area contributed by atoms with Gasteiger partial charge in [0.2, 0.25) is 5.91 Å². The fourth-order valence-corrected chi connectivity index (χ4v) is 8.00. The molecule has 0 fully saturated rings. The first-order chi connectivity index (χ1) is 32.7. The summed E-state index contributed by atoms with van der Waals surface area (Å²) in [5.74, 6) is -0.0779. The number of rotatable bonds is 50. The molecule has 0 bridgehead atoms. The lowest BCUT2D eigenvalue weighted by Gasteiger charge is -2.19. The van der Waals surface area contributed by atoms with Crippen molar-refractivity contribution in [2.75, 3.05) is 6.61 Å². The minimum Gasteiger partial charge on any atom is -0.394 e. The first kappa shape index (κ1) is 63.0. The highest BCUT2D eigenvalue weighted by atomic mass is 16.3. The zero-order valence-corrected chi connectivity index (χ0v) is 43.4. The molecule has 1 amide bonds. The number of amides is 1. The molecule has 0 radical (unpaired) electrons. The van der Waals surface area contributed by atoms with Crippen molar-refractivity contribution in [3.8, 4) is 0 Å². The Bertz CT molecular complexity index is 1270. The van der Waals surface area contributed by atoms with E-state index in [0.717, 1.165) is 77.0 Å². The lowest BCUT2D eigenvalue weighted by atomic mass is 10.0. The van der Waals surface area contributed by atoms with Crippen molar-refractivity contribution in [1.29, 1.82) is 0 Å². The van der Waals surface area contributed by atoms with E-state index in [1.807, 2.05) is 6.08 Å². The van der Waals surface area contributed by atoms with Crippen LogP contribution < -0.4 is 5.32 Å². The normalized spacial score (nSPS) is 13.7. The molecule has 0 aliphatic carbocycles. The molecule has 2 unspecified atom stereocenters. The second-order valence-corrected chi connectivity index (χ2v) is 18.6. The van der Waals surface area contributed by atoms with Crippen LogP contribution in [0.5, 0.6) is 0 Å². The summed E-state index contributed by atoms with van der Waals surface area (Å²) in [4.78, 5) is 12.5. The number of hydrogen-bond acceptors (Lipinski definition) is 3. The van der Waals surface area contributed by atoms with Crippen molar-refractivity contribution in [2.24, 2.45) is 0 Å². The van der Waals surface area contributed by atoms with Gasteiger partial charge >= 0.3 is 0 Å². The van der Waals surface area contributed by atoms with Crippen LogP contribution >= 0.6 is 0 Å². The van der Waals surface area contributed by atoms with Gasteiger partial charge in [-0.3, -0.25) is 4.79 Å². The fourth-order valence-electron chi connectivity index (χ4n) is 8.00. The topological polar surface area (TPSA) is 69.6 Å². The molecule has 2 atom stereocenters. The molecule has 378 valence electrons. The van der Waals surface area contributed by atoms with Crippen LogP contribution in [0.2, 0.25) is 0 Å². The lowest BCUT2D eigenvalue weighted by Crippen LogP contribution is -2.45. The summed E-state index contributed by atoms with van der Waals surface area (Å²) in [7, 11) is 0. The van der Waals surface area contributed by atoms with Gasteiger partial charge in [-0.25, -0.2) is 0 Å². The van der Waals surface area contributed by atoms with Crippen molar-refractivity contribution in [1.82, 2.24) is 5.32 Å². The molecular formula is C62H107NO3. The Labute approximate surface area is 410 Å². The van der Waals surface area contributed by atoms with Gasteiger partial charge in [0.25, 0.3) is 0 Å². The Morgan fingerprint density at radius 1 is 0.379 bits per heavy atom. The first-order valence-corrected chi connectivity index (χ1v) is 28.1. The predicted molar refractivity (Wildman–Crippen MR) is 294 cm³/mol. The molecule has 0 aromatic heterocycles. The van der Waals surface area contributed by atoms with Gasteiger partial charge in [-0.1, -0.05) is 271 Å². The number of aliphatic hydroxyl groups is 2. The molecule has 0 saturated heterocycles. The summed E-state index contributed by atoms with van der Waals surface area (Å²) in [6, 6.07) is -0.646. The van der Waals surface area contributed by atoms with Crippen molar-refractivity contribution in [3.63, 3.8) is 0 Å². The maximum Gasteiger partial charge on any atom is 0.220 e. The maximum absolute atomic E-state index is 12.5. The molecule has 0 aromatic carbocycles. The number of allylic oxidation sites excluding steroid dienone is 17. The molecular weight excluding hydrogens is 807 g/mol. The largest absolute Gasteiger partial charge is 0.394 e. The second-order valence-electron chi connectivity index (χ2n) is 18.6. The van der Waals surface area contributed by atoms with Gasteiger partial charge < -0.3 is 15.5 Å². The van der Waals surface area contributed by atoms with Crippen molar-refractivity contribution < 1.29 is 15.0 Å². The summed E-state index contributed by atoms with van der Waals surface area (Å²) in [5.41, 5.74) is 0. The van der Waals surface area contributed by atoms with Gasteiger partial charge in [-0.05, 0) is 89.9 Å². The minimum atomic E-state index is -0.869. The Kier molecular flexibility index (Phi) is 53.9. The fraction of sp³-hybridized carbons (Fsp3) is 0.694. The second kappa shape index (κ2) is 56.4. The van der Waals surface area contributed by atoms with E-state index in [0.29, 0.717) is 6.42 Å². The number of carbonyl (C=O) groups is 1. The SMILES string of the molecule is CC/C=C\C/C=C\C/C=C\C/C=C\C/C=C\C/C=C\C/C=C\CCCCCCCCCCCCCCCC(=O)NC(CO)C(O)/C=C/CC/C=C/CCCCCCCCCCCCCCC. The number of carbonyl (C=O) groups excluding carboxylic acids is 1. The average Bonchev–Trinajstić information content (AvgIpc) is 3.32. The maximum atomic E-state index is 12.5. The van der Waals surface area contributed by atoms with Gasteiger partial charge in [0, 0.05) is 6.42 Å². The number of hydrogen-bond donors (Lipinski definition) is 3. The predicted octanol–water partition coefficient (Wildman–Crippen LogP) is 18.7. The van der Waals surface area contributed by atoms with E-state index in [1.54, 1.807) is 6.08 Å². The molecule has 3 N–H and O–H groups in total. The Balaban J connectivity index is 3.58. The summed E-state index contributed by atoms with van der Waals surface area (Å²) < 4.78 is 0. The van der Waals surface area contributed by atoms with E-state index in [9.17, 15) is 15.0 Å². The minimum absolute atomic E-state index is 0.0779. The van der Waals surface area contributed by atoms with Gasteiger partial charge in [-0.2, -0.15) is 0 Å². The van der Waals surface area contributed by atoms with Crippen LogP contribution in [0.4, 0.5) is 0 Å². The molecule has 0 aromatic rings. The Morgan fingerprint density at radius 2 is 0.682 bits per heavy atom. The molecule has 0 rings (SSSR count). The number of unbranched alkanes of at least 4 members (excludes halogenated alkanes) is 27. The van der Waals surface area contributed by atoms with Crippen LogP contribution in [0.1, 0.15) is 258 Å². The smallest absolute Gasteiger partial charge is 0.220 e. The Hall–Kier alpha value is -2.95. The van der Waals surface area contributed by atoms with E-state index < -0.39 is 12.1 Å². The highest BCUT2D eigenvalue weighted by Gasteiger charge is 2.17. The molecule has 4 heteroatoms. The summed E-state index contributed by atoms with van der Waals surface area (Å²) in [6.45, 7) is 4.19. The third-order valence-electron chi connectivity index (χ3n) is 12.2. The molecule has 4 nitrogen and oxygen atoms in total. The van der Waals surface area contributed by atoms with E-state index in [1.165, 1.54) is 161 Å². The van der Waals surface area contributed by atoms with Crippen molar-refractivity contribution >= 4 is 5.91 Å². The lowest BCUT2D eigenvalue weighted by molar-refractivity contribution is -0.123. The molecule has 0 saturated carbocycles. The van der Waals surface area contributed by atoms with Crippen LogP contribution in [0.3, 0.4) is 0 Å². The van der Waals surface area contributed by atoms with Crippen LogP contribution in [-0.4, -0.2) is 34.9 Å². The van der Waals surface area contributed by atoms with Crippen molar-refractivity contribution in [2.45, 2.75) is 270 Å². The quantitative estimate of drug-likeness (QED) is 0.0421. The molecule has 0 spiro atoms. The molecule has 0 aliphatic rings. The molecule has 0 aliphatic heterocycles. The first-order valence-electron chi connectivity index (χ1n) is 28.1. The van der Waals surface area contributed by atoms with Gasteiger partial charge in [0.05, 0.1) is 18.8 Å². The zero-order valence-electron chi connectivity index (χ0n) is 43.4. The standard InChI is InChI=1S/C62H107NO3/c1-3-5-7-9-11-13-15-17-19-21-23-24-25-26-27-28-29-30-31-32-33-34-35-36-37-38-40-42-44-46-48-50-52-54-56-58-62(66)63-60(59-64)61(65)57-55-53-51-49-47-45-43-41-39-22-20-18-16-14-12-10-8-6-4-2/h5,7,11,13,17,19,23-24,26-27,29-30,32-33,47,49,55,57,60-61,64-65H,3-4,6,8-10,12,14-16,18,20-22,25,28,31,34-46,48,50-54,56,58-59H2,1-2H3,(H,63,66)/b7-5-,13-11-,19-17-,24-23-,27-26-,30-29-,33-32-,49-47+,57-55+. The van der Waals surface area contributed by atoms with E-state index in [-0.39, 0.29) is 12.5 Å². The monoisotopic (exact) mass is 914 g/mol. The van der Waals surface area contributed by atoms with Crippen LogP contribution in [0, 0.1) is 0 Å². The average molecular weight is 915 g/mol. The van der Waals surface area contributed by atoms with Crippen LogP contribution in [-0.2, 0) is 4.79 Å². The Morgan fingerprint density at radius 3 is 1.06 bits per heavy atom. The van der Waals surface area contributed by atoms with E-state index in [2.05, 4.69) is 116 Å². The molecule has 66 heavy (non-hydrogen) atoms. The third kappa shape index (κ3) is 52.0. The summed E-state index contributed by atoms with van der Waals surface area (Å²) >= 11 is 0. The van der Waals surface area contributed by atoms with Gasteiger partial charge in [-0.15, -0.1) is 0 Å². The highest BCUT2D eigenvalue weighted by molar-refractivity contribution is 5.76. The highest BCUT2D eigenvalue weighted by Crippen LogP contribution is 2.15. The number of nitrogens with one attached hydrogen (secondary N) is 1. The van der Waals surface area contributed by atoms with Gasteiger partial charge in [0.1, 0.15) is 0 Å². The van der Waals surface area contributed by atoms with E-state index in [4.69, 9.17) is 0 Å². The zero-order chi connectivity index (χ0) is 47.7. The summed E-state index contributed by atoms with van der Waals surface area (Å²) in [6.07, 6.45) is 85.3. The number of aliphatic hydroxyl groups excluding tert-OH is 2. The van der Waals surface area contributed by atoms with Crippen molar-refractivity contribution in [3.05, 3.63) is 109 Å². The molecule has 0 heterocycles. The third-order valence-corrected chi connectivity index (χ3v) is 12.2.